The van der Waals surface area contributed by atoms with Crippen LogP contribution in [0.5, 0.6) is 0 Å². The lowest BCUT2D eigenvalue weighted by Gasteiger charge is -2.29. The molecule has 4 atom stereocenters. The minimum atomic E-state index is 0.394. The standard InChI is InChI=1S/C13H21N3OS2/c1-8-9(2)19-11(7-18-8)12-15-13(17-16-12)10-4-3-5-14-6-10/h8-11,14H,3-7H2,1-2H3. The summed E-state index contributed by atoms with van der Waals surface area (Å²) in [6.07, 6.45) is 2.36. The van der Waals surface area contributed by atoms with E-state index in [1.165, 1.54) is 6.42 Å². The summed E-state index contributed by atoms with van der Waals surface area (Å²) in [6.45, 7) is 6.68. The molecule has 4 unspecified atom stereocenters. The second-order valence-corrected chi connectivity index (χ2v) is 8.40. The Kier molecular flexibility index (Phi) is 4.39. The van der Waals surface area contributed by atoms with Crippen LogP contribution < -0.4 is 5.32 Å². The van der Waals surface area contributed by atoms with Gasteiger partial charge in [-0.05, 0) is 19.4 Å². The lowest BCUT2D eigenvalue weighted by molar-refractivity contribution is 0.320. The fourth-order valence-electron chi connectivity index (χ4n) is 2.53. The molecule has 1 aromatic rings. The summed E-state index contributed by atoms with van der Waals surface area (Å²) in [5, 5.41) is 9.39. The van der Waals surface area contributed by atoms with Crippen LogP contribution >= 0.6 is 23.5 Å². The number of rotatable bonds is 2. The molecule has 2 aliphatic rings. The molecule has 0 radical (unpaired) electrons. The quantitative estimate of drug-likeness (QED) is 0.906. The minimum absolute atomic E-state index is 0.394. The first kappa shape index (κ1) is 13.8. The van der Waals surface area contributed by atoms with Gasteiger partial charge in [0.2, 0.25) is 5.89 Å². The SMILES string of the molecule is CC1SCC(c2noc(C3CCCNC3)n2)SC1C. The van der Waals surface area contributed by atoms with Crippen molar-refractivity contribution < 1.29 is 4.52 Å². The van der Waals surface area contributed by atoms with Crippen molar-refractivity contribution in [1.82, 2.24) is 15.5 Å². The maximum Gasteiger partial charge on any atom is 0.231 e. The number of hydrogen-bond donors (Lipinski definition) is 1. The normalized spacial score (nSPS) is 36.3. The van der Waals surface area contributed by atoms with Crippen molar-refractivity contribution in [3.63, 3.8) is 0 Å². The third-order valence-electron chi connectivity index (χ3n) is 3.94. The van der Waals surface area contributed by atoms with E-state index in [1.54, 1.807) is 0 Å². The molecule has 2 fully saturated rings. The van der Waals surface area contributed by atoms with E-state index >= 15 is 0 Å². The van der Waals surface area contributed by atoms with Crippen LogP contribution in [0.4, 0.5) is 0 Å². The lowest BCUT2D eigenvalue weighted by atomic mass is 10.00. The minimum Gasteiger partial charge on any atom is -0.339 e. The number of piperidine rings is 1. The van der Waals surface area contributed by atoms with Gasteiger partial charge in [0.15, 0.2) is 5.82 Å². The molecule has 0 amide bonds. The molecule has 1 aromatic heterocycles. The van der Waals surface area contributed by atoms with Crippen LogP contribution in [0, 0.1) is 0 Å². The van der Waals surface area contributed by atoms with Gasteiger partial charge in [-0.25, -0.2) is 0 Å². The molecule has 3 heterocycles. The largest absolute Gasteiger partial charge is 0.339 e. The summed E-state index contributed by atoms with van der Waals surface area (Å²) in [4.78, 5) is 4.67. The van der Waals surface area contributed by atoms with E-state index in [2.05, 4.69) is 29.3 Å². The predicted octanol–water partition coefficient (Wildman–Crippen LogP) is 2.83. The Morgan fingerprint density at radius 2 is 2.21 bits per heavy atom. The average Bonchev–Trinajstić information content (AvgIpc) is 2.93. The number of hydrogen-bond acceptors (Lipinski definition) is 6. The Bertz CT molecular complexity index is 420. The highest BCUT2D eigenvalue weighted by Crippen LogP contribution is 2.43. The van der Waals surface area contributed by atoms with E-state index in [1.807, 2.05) is 23.5 Å². The molecule has 1 N–H and O–H groups in total. The van der Waals surface area contributed by atoms with Crippen LogP contribution in [-0.2, 0) is 0 Å². The van der Waals surface area contributed by atoms with Gasteiger partial charge >= 0.3 is 0 Å². The molecule has 6 heteroatoms. The number of nitrogens with one attached hydrogen (secondary N) is 1. The molecule has 3 rings (SSSR count). The molecule has 0 bridgehead atoms. The fraction of sp³-hybridized carbons (Fsp3) is 0.846. The first-order chi connectivity index (χ1) is 9.24. The number of thioether (sulfide) groups is 2. The van der Waals surface area contributed by atoms with Crippen molar-refractivity contribution in [2.24, 2.45) is 0 Å². The first-order valence-corrected chi connectivity index (χ1v) is 9.04. The third kappa shape index (κ3) is 3.11. The molecule has 4 nitrogen and oxygen atoms in total. The molecule has 0 aromatic carbocycles. The smallest absolute Gasteiger partial charge is 0.231 e. The topological polar surface area (TPSA) is 51.0 Å². The van der Waals surface area contributed by atoms with Gasteiger partial charge in [0.05, 0.1) is 11.2 Å². The maximum absolute atomic E-state index is 5.50. The van der Waals surface area contributed by atoms with Crippen molar-refractivity contribution >= 4 is 23.5 Å². The van der Waals surface area contributed by atoms with Gasteiger partial charge in [0.1, 0.15) is 0 Å². The molecule has 0 saturated carbocycles. The Labute approximate surface area is 122 Å². The van der Waals surface area contributed by atoms with Gasteiger partial charge in [0.25, 0.3) is 0 Å². The summed E-state index contributed by atoms with van der Waals surface area (Å²) >= 11 is 4.01. The van der Waals surface area contributed by atoms with Gasteiger partial charge < -0.3 is 9.84 Å². The lowest BCUT2D eigenvalue weighted by Crippen LogP contribution is -2.28. The van der Waals surface area contributed by atoms with Crippen molar-refractivity contribution in [2.75, 3.05) is 18.8 Å². The van der Waals surface area contributed by atoms with E-state index in [9.17, 15) is 0 Å². The summed E-state index contributed by atoms with van der Waals surface area (Å²) < 4.78 is 5.50. The zero-order valence-corrected chi connectivity index (χ0v) is 13.1. The van der Waals surface area contributed by atoms with Gasteiger partial charge in [0, 0.05) is 22.8 Å². The summed E-state index contributed by atoms with van der Waals surface area (Å²) in [5.74, 6) is 3.24. The Hall–Kier alpha value is -0.200. The average molecular weight is 299 g/mol. The van der Waals surface area contributed by atoms with E-state index in [0.717, 1.165) is 42.2 Å². The van der Waals surface area contributed by atoms with Crippen LogP contribution in [0.3, 0.4) is 0 Å². The fourth-order valence-corrected chi connectivity index (χ4v) is 5.36. The van der Waals surface area contributed by atoms with Gasteiger partial charge in [-0.3, -0.25) is 0 Å². The van der Waals surface area contributed by atoms with Crippen LogP contribution in [0.25, 0.3) is 0 Å². The second-order valence-electron chi connectivity index (χ2n) is 5.40. The van der Waals surface area contributed by atoms with Crippen LogP contribution in [0.2, 0.25) is 0 Å². The van der Waals surface area contributed by atoms with Crippen molar-refractivity contribution in [1.29, 1.82) is 0 Å². The predicted molar refractivity (Wildman–Crippen MR) is 80.9 cm³/mol. The Morgan fingerprint density at radius 1 is 1.32 bits per heavy atom. The molecule has 0 aliphatic carbocycles. The van der Waals surface area contributed by atoms with Crippen LogP contribution in [0.1, 0.15) is 49.6 Å². The highest BCUT2D eigenvalue weighted by atomic mass is 32.2. The summed E-state index contributed by atoms with van der Waals surface area (Å²) in [7, 11) is 0. The van der Waals surface area contributed by atoms with Crippen molar-refractivity contribution in [3.05, 3.63) is 11.7 Å². The monoisotopic (exact) mass is 299 g/mol. The molecular formula is C13H21N3OS2. The highest BCUT2D eigenvalue weighted by molar-refractivity contribution is 8.07. The third-order valence-corrected chi connectivity index (χ3v) is 7.33. The van der Waals surface area contributed by atoms with E-state index < -0.39 is 0 Å². The van der Waals surface area contributed by atoms with Gasteiger partial charge in [-0.15, -0.1) is 11.8 Å². The zero-order valence-electron chi connectivity index (χ0n) is 11.5. The second kappa shape index (κ2) is 6.06. The summed E-state index contributed by atoms with van der Waals surface area (Å²) in [5.41, 5.74) is 0. The van der Waals surface area contributed by atoms with Gasteiger partial charge in [-0.2, -0.15) is 16.7 Å². The van der Waals surface area contributed by atoms with E-state index in [0.29, 0.717) is 16.4 Å². The Balaban J connectivity index is 1.67. The van der Waals surface area contributed by atoms with E-state index in [4.69, 9.17) is 4.52 Å². The highest BCUT2D eigenvalue weighted by Gasteiger charge is 2.31. The van der Waals surface area contributed by atoms with E-state index in [-0.39, 0.29) is 0 Å². The van der Waals surface area contributed by atoms with Crippen molar-refractivity contribution in [3.8, 4) is 0 Å². The van der Waals surface area contributed by atoms with Crippen molar-refractivity contribution in [2.45, 2.75) is 48.4 Å². The molecule has 19 heavy (non-hydrogen) atoms. The molecular weight excluding hydrogens is 278 g/mol. The molecule has 2 saturated heterocycles. The first-order valence-electron chi connectivity index (χ1n) is 7.05. The van der Waals surface area contributed by atoms with Crippen LogP contribution in [-0.4, -0.2) is 39.5 Å². The number of aromatic nitrogens is 2. The maximum atomic E-state index is 5.50. The van der Waals surface area contributed by atoms with Crippen LogP contribution in [0.15, 0.2) is 4.52 Å². The van der Waals surface area contributed by atoms with Gasteiger partial charge in [-0.1, -0.05) is 19.0 Å². The summed E-state index contributed by atoms with van der Waals surface area (Å²) in [6, 6.07) is 0. The molecule has 0 spiro atoms. The number of nitrogens with zero attached hydrogens (tertiary/aromatic N) is 2. The zero-order chi connectivity index (χ0) is 13.2. The molecule has 106 valence electrons. The Morgan fingerprint density at radius 3 is 2.95 bits per heavy atom. The molecule has 2 aliphatic heterocycles.